The van der Waals surface area contributed by atoms with E-state index in [4.69, 9.17) is 24.3 Å². The van der Waals surface area contributed by atoms with Crippen LogP contribution in [0.1, 0.15) is 18.9 Å². The van der Waals surface area contributed by atoms with Gasteiger partial charge in [0, 0.05) is 81.2 Å². The molecule has 0 aliphatic carbocycles. The van der Waals surface area contributed by atoms with Crippen molar-refractivity contribution >= 4 is 22.4 Å². The third-order valence-corrected chi connectivity index (χ3v) is 8.07. The summed E-state index contributed by atoms with van der Waals surface area (Å²) in [5, 5.41) is 8.14. The lowest BCUT2D eigenvalue weighted by atomic mass is 9.92. The highest BCUT2D eigenvalue weighted by atomic mass is 16.5. The van der Waals surface area contributed by atoms with Crippen LogP contribution in [-0.2, 0) is 4.74 Å². The molecule has 210 valence electrons. The standard InChI is InChI=1S/C30H37N7O3/c1-35-18-30(19-35,40-4)20-36-9-7-24(8-10-36)37-17-21(15-32-37)29-16-31-27-6-5-22(13-28(27)34-29)33-23-11-25(38-2)14-26(12-23)39-3/h5-6,11-17,24,33H,7-10,18-20H2,1-4H3. The molecule has 0 amide bonds. The summed E-state index contributed by atoms with van der Waals surface area (Å²) in [6, 6.07) is 12.0. The van der Waals surface area contributed by atoms with E-state index in [0.717, 1.165) is 90.7 Å². The van der Waals surface area contributed by atoms with E-state index in [1.807, 2.05) is 55.9 Å². The van der Waals surface area contributed by atoms with Crippen LogP contribution < -0.4 is 14.8 Å². The summed E-state index contributed by atoms with van der Waals surface area (Å²) in [6.07, 6.45) is 7.98. The maximum absolute atomic E-state index is 5.87. The van der Waals surface area contributed by atoms with Crippen molar-refractivity contribution in [1.29, 1.82) is 0 Å². The van der Waals surface area contributed by atoms with Gasteiger partial charge in [0.05, 0.1) is 49.4 Å². The molecule has 2 fully saturated rings. The first kappa shape index (κ1) is 26.5. The molecule has 0 atom stereocenters. The van der Waals surface area contributed by atoms with E-state index in [-0.39, 0.29) is 5.60 Å². The zero-order valence-corrected chi connectivity index (χ0v) is 23.6. The fourth-order valence-electron chi connectivity index (χ4n) is 5.93. The van der Waals surface area contributed by atoms with Gasteiger partial charge in [-0.15, -0.1) is 0 Å². The fraction of sp³-hybridized carbons (Fsp3) is 0.433. The average Bonchev–Trinajstić information content (AvgIpc) is 3.46. The lowest BCUT2D eigenvalue weighted by Crippen LogP contribution is -2.66. The molecule has 2 aromatic heterocycles. The number of anilines is 2. The quantitative estimate of drug-likeness (QED) is 0.333. The molecule has 6 rings (SSSR count). The van der Waals surface area contributed by atoms with Crippen LogP contribution >= 0.6 is 0 Å². The molecule has 10 nitrogen and oxygen atoms in total. The molecule has 2 saturated heterocycles. The Hall–Kier alpha value is -3.73. The van der Waals surface area contributed by atoms with E-state index in [9.17, 15) is 0 Å². The molecule has 0 unspecified atom stereocenters. The number of hydrogen-bond acceptors (Lipinski definition) is 9. The molecular formula is C30H37N7O3. The molecule has 2 aliphatic rings. The molecule has 40 heavy (non-hydrogen) atoms. The number of piperidine rings is 1. The Morgan fingerprint density at radius 3 is 2.35 bits per heavy atom. The SMILES string of the molecule is COc1cc(Nc2ccc3ncc(-c4cnn(C5CCN(CC6(OC)CN(C)C6)CC5)c4)nc3c2)cc(OC)c1. The Morgan fingerprint density at radius 1 is 0.925 bits per heavy atom. The van der Waals surface area contributed by atoms with Gasteiger partial charge in [0.15, 0.2) is 0 Å². The minimum Gasteiger partial charge on any atom is -0.497 e. The summed E-state index contributed by atoms with van der Waals surface area (Å²) >= 11 is 0. The van der Waals surface area contributed by atoms with Crippen molar-refractivity contribution in [3.8, 4) is 22.8 Å². The molecule has 0 saturated carbocycles. The molecule has 4 heterocycles. The first-order valence-corrected chi connectivity index (χ1v) is 13.7. The normalized spacial score (nSPS) is 18.0. The van der Waals surface area contributed by atoms with Crippen LogP contribution in [0.3, 0.4) is 0 Å². The Bertz CT molecular complexity index is 1450. The highest BCUT2D eigenvalue weighted by molar-refractivity contribution is 5.82. The van der Waals surface area contributed by atoms with Crippen molar-refractivity contribution in [1.82, 2.24) is 29.5 Å². The molecule has 0 radical (unpaired) electrons. The van der Waals surface area contributed by atoms with Gasteiger partial charge in [0.2, 0.25) is 0 Å². The van der Waals surface area contributed by atoms with Gasteiger partial charge in [-0.25, -0.2) is 4.98 Å². The van der Waals surface area contributed by atoms with Crippen molar-refractivity contribution in [2.24, 2.45) is 0 Å². The molecule has 0 spiro atoms. The van der Waals surface area contributed by atoms with Gasteiger partial charge in [-0.2, -0.15) is 5.10 Å². The number of likely N-dealkylation sites (N-methyl/N-ethyl adjacent to an activating group) is 1. The van der Waals surface area contributed by atoms with E-state index in [1.54, 1.807) is 14.2 Å². The largest absolute Gasteiger partial charge is 0.497 e. The molecule has 2 aromatic carbocycles. The second kappa shape index (κ2) is 11.0. The Kier molecular flexibility index (Phi) is 7.31. The van der Waals surface area contributed by atoms with Gasteiger partial charge in [-0.3, -0.25) is 9.67 Å². The minimum absolute atomic E-state index is 0.00851. The second-order valence-corrected chi connectivity index (χ2v) is 11.0. The van der Waals surface area contributed by atoms with Crippen LogP contribution in [0, 0.1) is 0 Å². The van der Waals surface area contributed by atoms with Gasteiger partial charge >= 0.3 is 0 Å². The van der Waals surface area contributed by atoms with Crippen LogP contribution in [0.15, 0.2) is 55.0 Å². The molecule has 10 heteroatoms. The average molecular weight is 544 g/mol. The van der Waals surface area contributed by atoms with Gasteiger partial charge < -0.3 is 29.3 Å². The van der Waals surface area contributed by atoms with E-state index >= 15 is 0 Å². The number of nitrogens with zero attached hydrogens (tertiary/aromatic N) is 6. The number of methoxy groups -OCH3 is 3. The molecule has 2 aliphatic heterocycles. The highest BCUT2D eigenvalue weighted by Crippen LogP contribution is 2.31. The first-order valence-electron chi connectivity index (χ1n) is 13.7. The number of likely N-dealkylation sites (tertiary alicyclic amines) is 2. The molecular weight excluding hydrogens is 506 g/mol. The lowest BCUT2D eigenvalue weighted by Gasteiger charge is -2.50. The maximum Gasteiger partial charge on any atom is 0.124 e. The summed E-state index contributed by atoms with van der Waals surface area (Å²) in [5.74, 6) is 1.44. The Morgan fingerprint density at radius 2 is 1.68 bits per heavy atom. The number of rotatable bonds is 9. The van der Waals surface area contributed by atoms with E-state index in [0.29, 0.717) is 6.04 Å². The van der Waals surface area contributed by atoms with Gasteiger partial charge in [0.25, 0.3) is 0 Å². The summed E-state index contributed by atoms with van der Waals surface area (Å²) < 4.78 is 18.8. The van der Waals surface area contributed by atoms with Crippen molar-refractivity contribution in [3.63, 3.8) is 0 Å². The molecule has 0 bridgehead atoms. The number of fused-ring (bicyclic) bond motifs is 1. The summed E-state index contributed by atoms with van der Waals surface area (Å²) in [4.78, 5) is 14.4. The van der Waals surface area contributed by atoms with Crippen LogP contribution in [0.4, 0.5) is 11.4 Å². The van der Waals surface area contributed by atoms with Crippen molar-refractivity contribution in [2.45, 2.75) is 24.5 Å². The number of benzene rings is 2. The zero-order chi connectivity index (χ0) is 27.7. The molecule has 1 N–H and O–H groups in total. The van der Waals surface area contributed by atoms with Gasteiger partial charge in [-0.1, -0.05) is 0 Å². The van der Waals surface area contributed by atoms with Crippen LogP contribution in [0.5, 0.6) is 11.5 Å². The van der Waals surface area contributed by atoms with Crippen LogP contribution in [0.25, 0.3) is 22.3 Å². The third-order valence-electron chi connectivity index (χ3n) is 8.07. The van der Waals surface area contributed by atoms with E-state index < -0.39 is 0 Å². The summed E-state index contributed by atoms with van der Waals surface area (Å²) in [7, 11) is 7.27. The zero-order valence-electron chi connectivity index (χ0n) is 23.6. The highest BCUT2D eigenvalue weighted by Gasteiger charge is 2.43. The number of nitrogens with one attached hydrogen (secondary N) is 1. The van der Waals surface area contributed by atoms with Crippen LogP contribution in [0.2, 0.25) is 0 Å². The smallest absolute Gasteiger partial charge is 0.124 e. The van der Waals surface area contributed by atoms with Gasteiger partial charge in [0.1, 0.15) is 17.1 Å². The van der Waals surface area contributed by atoms with Gasteiger partial charge in [-0.05, 0) is 38.1 Å². The second-order valence-electron chi connectivity index (χ2n) is 11.0. The topological polar surface area (TPSA) is 89.8 Å². The Balaban J connectivity index is 1.13. The summed E-state index contributed by atoms with van der Waals surface area (Å²) in [5.41, 5.74) is 5.20. The maximum atomic E-state index is 5.87. The van der Waals surface area contributed by atoms with E-state index in [1.165, 1.54) is 0 Å². The van der Waals surface area contributed by atoms with E-state index in [2.05, 4.69) is 38.0 Å². The van der Waals surface area contributed by atoms with Crippen LogP contribution in [-0.4, -0.2) is 96.3 Å². The predicted molar refractivity (Wildman–Crippen MR) is 156 cm³/mol. The predicted octanol–water partition coefficient (Wildman–Crippen LogP) is 4.22. The molecule has 4 aromatic rings. The lowest BCUT2D eigenvalue weighted by molar-refractivity contribution is -0.131. The number of hydrogen-bond donors (Lipinski definition) is 1. The monoisotopic (exact) mass is 543 g/mol. The van der Waals surface area contributed by atoms with Crippen molar-refractivity contribution in [2.75, 3.05) is 66.4 Å². The summed E-state index contributed by atoms with van der Waals surface area (Å²) in [6.45, 7) is 5.12. The van der Waals surface area contributed by atoms with Crippen molar-refractivity contribution in [3.05, 3.63) is 55.0 Å². The number of aromatic nitrogens is 4. The minimum atomic E-state index is -0.00851. The Labute approximate surface area is 234 Å². The fourth-order valence-corrected chi connectivity index (χ4v) is 5.93. The number of ether oxygens (including phenoxy) is 3. The third kappa shape index (κ3) is 5.47. The van der Waals surface area contributed by atoms with Crippen molar-refractivity contribution < 1.29 is 14.2 Å². The first-order chi connectivity index (χ1) is 19.5.